The van der Waals surface area contributed by atoms with E-state index in [1.807, 2.05) is 13.0 Å². The zero-order valence-corrected chi connectivity index (χ0v) is 16.5. The molecule has 0 aliphatic carbocycles. The van der Waals surface area contributed by atoms with Crippen LogP contribution in [0.25, 0.3) is 10.9 Å². The van der Waals surface area contributed by atoms with Crippen LogP contribution in [0.4, 0.5) is 0 Å². The van der Waals surface area contributed by atoms with Crippen LogP contribution in [0.2, 0.25) is 0 Å². The minimum absolute atomic E-state index is 0.365. The minimum atomic E-state index is 0.365. The van der Waals surface area contributed by atoms with Gasteiger partial charge in [0.1, 0.15) is 11.6 Å². The maximum absolute atomic E-state index is 5.40. The molecule has 2 aromatic heterocycles. The highest BCUT2D eigenvalue weighted by atomic mass is 16.5. The molecule has 144 valence electrons. The van der Waals surface area contributed by atoms with E-state index in [4.69, 9.17) is 4.74 Å². The lowest BCUT2D eigenvalue weighted by atomic mass is 9.89. The van der Waals surface area contributed by atoms with Crippen LogP contribution in [0.3, 0.4) is 0 Å². The number of likely N-dealkylation sites (tertiary alicyclic amines) is 1. The summed E-state index contributed by atoms with van der Waals surface area (Å²) in [5.74, 6) is 3.10. The van der Waals surface area contributed by atoms with E-state index in [0.29, 0.717) is 12.0 Å². The first kappa shape index (κ1) is 18.0. The average molecular weight is 368 g/mol. The first-order chi connectivity index (χ1) is 13.0. The predicted octanol–water partition coefficient (Wildman–Crippen LogP) is 2.52. The second kappa shape index (κ2) is 7.32. The molecular formula is C20H28N6O. The van der Waals surface area contributed by atoms with Crippen molar-refractivity contribution in [2.45, 2.75) is 31.8 Å². The van der Waals surface area contributed by atoms with Crippen molar-refractivity contribution in [1.29, 1.82) is 0 Å². The first-order valence-electron chi connectivity index (χ1n) is 9.47. The Morgan fingerprint density at radius 1 is 1.33 bits per heavy atom. The molecule has 0 bridgehead atoms. The number of benzene rings is 1. The Balaban J connectivity index is 1.53. The molecule has 0 radical (unpaired) electrons. The van der Waals surface area contributed by atoms with Crippen molar-refractivity contribution in [2.75, 3.05) is 34.3 Å². The molecule has 7 nitrogen and oxygen atoms in total. The molecular weight excluding hydrogens is 340 g/mol. The third-order valence-corrected chi connectivity index (χ3v) is 5.64. The van der Waals surface area contributed by atoms with E-state index in [2.05, 4.69) is 62.4 Å². The highest BCUT2D eigenvalue weighted by Crippen LogP contribution is 2.31. The van der Waals surface area contributed by atoms with Crippen LogP contribution >= 0.6 is 0 Å². The number of likely N-dealkylation sites (N-methyl/N-ethyl adjacent to an activating group) is 1. The summed E-state index contributed by atoms with van der Waals surface area (Å²) in [6.07, 6.45) is 3.19. The number of fused-ring (bicyclic) bond motifs is 1. The van der Waals surface area contributed by atoms with Crippen LogP contribution in [0.5, 0.6) is 5.75 Å². The van der Waals surface area contributed by atoms with E-state index in [-0.39, 0.29) is 0 Å². The van der Waals surface area contributed by atoms with Crippen molar-refractivity contribution in [3.05, 3.63) is 41.6 Å². The van der Waals surface area contributed by atoms with Gasteiger partial charge in [0.2, 0.25) is 0 Å². The highest BCUT2D eigenvalue weighted by molar-refractivity contribution is 5.84. The Hall–Kier alpha value is -2.38. The summed E-state index contributed by atoms with van der Waals surface area (Å²) in [7, 11) is 6.01. The molecule has 0 saturated carbocycles. The Morgan fingerprint density at radius 2 is 2.19 bits per heavy atom. The minimum Gasteiger partial charge on any atom is -0.497 e. The second-order valence-corrected chi connectivity index (χ2v) is 7.67. The standard InChI is InChI=1S/C20H28N6O/c1-13-22-20(24-23-13)16-7-8-26(12-19(16)25(2)3)11-14-10-21-18-6-5-15(27-4)9-17(14)18/h5-6,9-10,16,19,21H,7-8,11-12H2,1-4H3,(H,22,23,24)/t16-,19+/m0/s1. The van der Waals surface area contributed by atoms with E-state index >= 15 is 0 Å². The van der Waals surface area contributed by atoms with Crippen molar-refractivity contribution >= 4 is 10.9 Å². The number of methoxy groups -OCH3 is 1. The van der Waals surface area contributed by atoms with E-state index < -0.39 is 0 Å². The lowest BCUT2D eigenvalue weighted by Gasteiger charge is -2.40. The number of aryl methyl sites for hydroxylation is 1. The number of rotatable bonds is 5. The molecule has 1 saturated heterocycles. The molecule has 3 heterocycles. The van der Waals surface area contributed by atoms with Crippen molar-refractivity contribution in [2.24, 2.45) is 0 Å². The number of piperidine rings is 1. The fourth-order valence-electron chi connectivity index (χ4n) is 4.15. The zero-order chi connectivity index (χ0) is 19.0. The van der Waals surface area contributed by atoms with E-state index in [0.717, 1.165) is 49.0 Å². The number of aromatic amines is 2. The predicted molar refractivity (Wildman–Crippen MR) is 106 cm³/mol. The van der Waals surface area contributed by atoms with Crippen molar-refractivity contribution in [1.82, 2.24) is 30.0 Å². The van der Waals surface area contributed by atoms with Gasteiger partial charge in [-0.3, -0.25) is 10.00 Å². The number of hydrogen-bond donors (Lipinski definition) is 2. The quantitative estimate of drug-likeness (QED) is 0.724. The molecule has 1 fully saturated rings. The molecule has 1 aliphatic heterocycles. The molecule has 3 aromatic rings. The maximum atomic E-state index is 5.40. The third kappa shape index (κ3) is 3.57. The van der Waals surface area contributed by atoms with Gasteiger partial charge in [-0.25, -0.2) is 4.98 Å². The number of hydrogen-bond acceptors (Lipinski definition) is 5. The summed E-state index contributed by atoms with van der Waals surface area (Å²) in [5.41, 5.74) is 2.47. The molecule has 7 heteroatoms. The fraction of sp³-hybridized carbons (Fsp3) is 0.500. The van der Waals surface area contributed by atoms with E-state index in [1.165, 1.54) is 10.9 Å². The van der Waals surface area contributed by atoms with Gasteiger partial charge in [0, 0.05) is 42.1 Å². The van der Waals surface area contributed by atoms with Crippen LogP contribution in [0.1, 0.15) is 29.6 Å². The van der Waals surface area contributed by atoms with Crippen molar-refractivity contribution in [3.63, 3.8) is 0 Å². The molecule has 0 amide bonds. The summed E-state index contributed by atoms with van der Waals surface area (Å²) in [6.45, 7) is 4.93. The lowest BCUT2D eigenvalue weighted by molar-refractivity contribution is 0.105. The monoisotopic (exact) mass is 368 g/mol. The van der Waals surface area contributed by atoms with Gasteiger partial charge in [-0.1, -0.05) is 0 Å². The molecule has 2 N–H and O–H groups in total. The average Bonchev–Trinajstić information content (AvgIpc) is 3.27. The molecule has 1 aliphatic rings. The summed E-state index contributed by atoms with van der Waals surface area (Å²) in [6, 6.07) is 6.59. The Morgan fingerprint density at radius 3 is 2.89 bits per heavy atom. The maximum Gasteiger partial charge on any atom is 0.155 e. The van der Waals surface area contributed by atoms with Crippen LogP contribution < -0.4 is 4.74 Å². The van der Waals surface area contributed by atoms with Gasteiger partial charge >= 0.3 is 0 Å². The Kier molecular flexibility index (Phi) is 4.88. The molecule has 0 unspecified atom stereocenters. The number of H-pyrrole nitrogens is 2. The Bertz CT molecular complexity index is 914. The van der Waals surface area contributed by atoms with Crippen molar-refractivity contribution < 1.29 is 4.74 Å². The highest BCUT2D eigenvalue weighted by Gasteiger charge is 2.34. The summed E-state index contributed by atoms with van der Waals surface area (Å²) in [4.78, 5) is 12.8. The van der Waals surface area contributed by atoms with E-state index in [1.54, 1.807) is 7.11 Å². The lowest BCUT2D eigenvalue weighted by Crippen LogP contribution is -2.49. The summed E-state index contributed by atoms with van der Waals surface area (Å²) < 4.78 is 5.40. The van der Waals surface area contributed by atoms with Gasteiger partial charge < -0.3 is 14.6 Å². The number of nitrogens with one attached hydrogen (secondary N) is 2. The van der Waals surface area contributed by atoms with Crippen LogP contribution in [0, 0.1) is 6.92 Å². The van der Waals surface area contributed by atoms with Gasteiger partial charge in [-0.2, -0.15) is 5.10 Å². The molecule has 2 atom stereocenters. The number of aromatic nitrogens is 4. The van der Waals surface area contributed by atoms with Crippen LogP contribution in [0.15, 0.2) is 24.4 Å². The fourth-order valence-corrected chi connectivity index (χ4v) is 4.15. The van der Waals surface area contributed by atoms with Gasteiger partial charge in [-0.05, 0) is 57.7 Å². The van der Waals surface area contributed by atoms with Crippen LogP contribution in [-0.4, -0.2) is 70.3 Å². The Labute approximate surface area is 159 Å². The summed E-state index contributed by atoms with van der Waals surface area (Å²) in [5, 5.41) is 8.67. The summed E-state index contributed by atoms with van der Waals surface area (Å²) >= 11 is 0. The normalized spacial score (nSPS) is 21.2. The van der Waals surface area contributed by atoms with Gasteiger partial charge in [0.15, 0.2) is 5.82 Å². The van der Waals surface area contributed by atoms with Crippen molar-refractivity contribution in [3.8, 4) is 5.75 Å². The first-order valence-corrected chi connectivity index (χ1v) is 9.47. The molecule has 27 heavy (non-hydrogen) atoms. The number of ether oxygens (including phenoxy) is 1. The number of nitrogens with zero attached hydrogens (tertiary/aromatic N) is 4. The molecule has 1 aromatic carbocycles. The molecule has 4 rings (SSSR count). The smallest absolute Gasteiger partial charge is 0.155 e. The second-order valence-electron chi connectivity index (χ2n) is 7.67. The van der Waals surface area contributed by atoms with Gasteiger partial charge in [0.25, 0.3) is 0 Å². The topological polar surface area (TPSA) is 73.1 Å². The van der Waals surface area contributed by atoms with Crippen LogP contribution in [-0.2, 0) is 6.54 Å². The van der Waals surface area contributed by atoms with Gasteiger partial charge in [-0.15, -0.1) is 0 Å². The van der Waals surface area contributed by atoms with E-state index in [9.17, 15) is 0 Å². The largest absolute Gasteiger partial charge is 0.497 e. The van der Waals surface area contributed by atoms with Gasteiger partial charge in [0.05, 0.1) is 7.11 Å². The third-order valence-electron chi connectivity index (χ3n) is 5.64. The SMILES string of the molecule is COc1ccc2[nH]cc(CN3CC[C@H](c4n[nH]c(C)n4)[C@H](N(C)C)C3)c2c1. The molecule has 0 spiro atoms. The zero-order valence-electron chi connectivity index (χ0n) is 16.5.